The lowest BCUT2D eigenvalue weighted by Crippen LogP contribution is -2.54. The molecule has 1 aliphatic heterocycles. The van der Waals surface area contributed by atoms with Crippen molar-refractivity contribution < 1.29 is 19.1 Å². The summed E-state index contributed by atoms with van der Waals surface area (Å²) in [6.07, 6.45) is 3.08. The standard InChI is InChI=1S/C27H33ClN4O4/c1-4-36-21-12-13-22(23(28)14-21)26(34)32-15-17(2)31(16-19-8-5-6-11-24(19)32)27(35)29-18(3)25(33)30-20-9-7-10-20/h5-6,8,11-14,17-18,20H,4,7,9-10,15-16H2,1-3H3,(H,29,35)(H,30,33)/t17-,18+/m0/s1. The average Bonchev–Trinajstić information content (AvgIpc) is 2.97. The van der Waals surface area contributed by atoms with Crippen molar-refractivity contribution in [3.8, 4) is 5.75 Å². The Morgan fingerprint density at radius 2 is 1.92 bits per heavy atom. The molecule has 0 saturated heterocycles. The lowest BCUT2D eigenvalue weighted by atomic mass is 9.93. The molecule has 36 heavy (non-hydrogen) atoms. The van der Waals surface area contributed by atoms with Gasteiger partial charge >= 0.3 is 6.03 Å². The maximum atomic E-state index is 13.7. The zero-order chi connectivity index (χ0) is 25.8. The second-order valence-electron chi connectivity index (χ2n) is 9.40. The molecule has 1 saturated carbocycles. The molecule has 1 fully saturated rings. The van der Waals surface area contributed by atoms with Gasteiger partial charge in [0.2, 0.25) is 5.91 Å². The lowest BCUT2D eigenvalue weighted by molar-refractivity contribution is -0.123. The molecule has 2 aromatic carbocycles. The third-order valence-corrected chi connectivity index (χ3v) is 7.09. The Balaban J connectivity index is 1.53. The Bertz CT molecular complexity index is 1140. The Morgan fingerprint density at radius 3 is 2.58 bits per heavy atom. The fourth-order valence-corrected chi connectivity index (χ4v) is 4.71. The van der Waals surface area contributed by atoms with Gasteiger partial charge in [-0.3, -0.25) is 9.59 Å². The number of fused-ring (bicyclic) bond motifs is 1. The molecule has 1 heterocycles. The van der Waals surface area contributed by atoms with Gasteiger partial charge in [0.1, 0.15) is 11.8 Å². The number of carbonyl (C=O) groups is 3. The number of hydrogen-bond donors (Lipinski definition) is 2. The molecule has 4 rings (SSSR count). The number of rotatable bonds is 6. The van der Waals surface area contributed by atoms with Gasteiger partial charge in [-0.05, 0) is 69.9 Å². The number of anilines is 1. The van der Waals surface area contributed by atoms with Crippen LogP contribution < -0.4 is 20.3 Å². The summed E-state index contributed by atoms with van der Waals surface area (Å²) in [7, 11) is 0. The summed E-state index contributed by atoms with van der Waals surface area (Å²) < 4.78 is 5.49. The molecular weight excluding hydrogens is 480 g/mol. The van der Waals surface area contributed by atoms with E-state index in [2.05, 4.69) is 10.6 Å². The largest absolute Gasteiger partial charge is 0.494 e. The predicted octanol–water partition coefficient (Wildman–Crippen LogP) is 4.36. The smallest absolute Gasteiger partial charge is 0.318 e. The zero-order valence-electron chi connectivity index (χ0n) is 20.9. The van der Waals surface area contributed by atoms with E-state index in [4.69, 9.17) is 16.3 Å². The third kappa shape index (κ3) is 5.59. The van der Waals surface area contributed by atoms with Gasteiger partial charge in [0.15, 0.2) is 0 Å². The SMILES string of the molecule is CCOc1ccc(C(=O)N2C[C@H](C)N(C(=O)N[C@H](C)C(=O)NC3CCC3)Cc3ccccc32)c(Cl)c1. The van der Waals surface area contributed by atoms with Crippen LogP contribution in [0.3, 0.4) is 0 Å². The fourth-order valence-electron chi connectivity index (χ4n) is 4.46. The maximum absolute atomic E-state index is 13.7. The fraction of sp³-hybridized carbons (Fsp3) is 0.444. The number of nitrogens with zero attached hydrogens (tertiary/aromatic N) is 2. The first-order valence-corrected chi connectivity index (χ1v) is 12.9. The minimum absolute atomic E-state index is 0.183. The van der Waals surface area contributed by atoms with Gasteiger partial charge in [0.25, 0.3) is 5.91 Å². The monoisotopic (exact) mass is 512 g/mol. The summed E-state index contributed by atoms with van der Waals surface area (Å²) in [6.45, 7) is 6.54. The van der Waals surface area contributed by atoms with E-state index < -0.39 is 6.04 Å². The first-order valence-electron chi connectivity index (χ1n) is 12.5. The van der Waals surface area contributed by atoms with E-state index >= 15 is 0 Å². The topological polar surface area (TPSA) is 91.0 Å². The summed E-state index contributed by atoms with van der Waals surface area (Å²) in [4.78, 5) is 42.7. The lowest BCUT2D eigenvalue weighted by Gasteiger charge is -2.31. The van der Waals surface area contributed by atoms with Crippen LogP contribution in [0.25, 0.3) is 0 Å². The van der Waals surface area contributed by atoms with Crippen molar-refractivity contribution in [2.24, 2.45) is 0 Å². The molecule has 2 atom stereocenters. The molecule has 0 radical (unpaired) electrons. The molecule has 2 aliphatic rings. The highest BCUT2D eigenvalue weighted by Gasteiger charge is 2.33. The van der Waals surface area contributed by atoms with Crippen LogP contribution in [0.1, 0.15) is 56.0 Å². The summed E-state index contributed by atoms with van der Waals surface area (Å²) in [5, 5.41) is 6.11. The van der Waals surface area contributed by atoms with Crippen LogP contribution in [0.2, 0.25) is 5.02 Å². The van der Waals surface area contributed by atoms with Crippen LogP contribution >= 0.6 is 11.6 Å². The number of para-hydroxylation sites is 1. The number of benzene rings is 2. The average molecular weight is 513 g/mol. The quantitative estimate of drug-likeness (QED) is 0.601. The van der Waals surface area contributed by atoms with E-state index in [1.165, 1.54) is 0 Å². The highest BCUT2D eigenvalue weighted by atomic mass is 35.5. The van der Waals surface area contributed by atoms with Gasteiger partial charge in [-0.15, -0.1) is 0 Å². The number of ether oxygens (including phenoxy) is 1. The number of halogens is 1. The third-order valence-electron chi connectivity index (χ3n) is 6.77. The molecule has 0 spiro atoms. The first kappa shape index (κ1) is 25.8. The van der Waals surface area contributed by atoms with Gasteiger partial charge in [-0.1, -0.05) is 29.8 Å². The van der Waals surface area contributed by atoms with Crippen molar-refractivity contribution in [3.63, 3.8) is 0 Å². The molecule has 1 aliphatic carbocycles. The van der Waals surface area contributed by atoms with Gasteiger partial charge in [-0.2, -0.15) is 0 Å². The maximum Gasteiger partial charge on any atom is 0.318 e. The highest BCUT2D eigenvalue weighted by Crippen LogP contribution is 2.31. The van der Waals surface area contributed by atoms with Crippen LogP contribution in [-0.4, -0.2) is 54.0 Å². The van der Waals surface area contributed by atoms with E-state index in [9.17, 15) is 14.4 Å². The Morgan fingerprint density at radius 1 is 1.17 bits per heavy atom. The molecule has 9 heteroatoms. The van der Waals surface area contributed by atoms with Crippen molar-refractivity contribution in [3.05, 3.63) is 58.6 Å². The molecule has 0 aromatic heterocycles. The molecule has 0 bridgehead atoms. The van der Waals surface area contributed by atoms with Gasteiger partial charge in [0.05, 0.1) is 17.2 Å². The van der Waals surface area contributed by atoms with E-state index in [1.54, 1.807) is 34.9 Å². The summed E-state index contributed by atoms with van der Waals surface area (Å²) in [5.74, 6) is 0.165. The van der Waals surface area contributed by atoms with E-state index in [0.29, 0.717) is 29.5 Å². The molecule has 4 amide bonds. The number of carbonyl (C=O) groups excluding carboxylic acids is 3. The summed E-state index contributed by atoms with van der Waals surface area (Å²) in [5.41, 5.74) is 1.92. The second kappa shape index (κ2) is 11.2. The second-order valence-corrected chi connectivity index (χ2v) is 9.81. The summed E-state index contributed by atoms with van der Waals surface area (Å²) in [6, 6.07) is 11.4. The van der Waals surface area contributed by atoms with Crippen molar-refractivity contribution in [1.82, 2.24) is 15.5 Å². The van der Waals surface area contributed by atoms with Crippen molar-refractivity contribution in [2.75, 3.05) is 18.1 Å². The number of amides is 4. The first-order chi connectivity index (χ1) is 17.3. The highest BCUT2D eigenvalue weighted by molar-refractivity contribution is 6.34. The zero-order valence-corrected chi connectivity index (χ0v) is 21.7. The van der Waals surface area contributed by atoms with Crippen LogP contribution in [0.4, 0.5) is 10.5 Å². The van der Waals surface area contributed by atoms with Gasteiger partial charge in [0, 0.05) is 30.9 Å². The van der Waals surface area contributed by atoms with E-state index in [0.717, 1.165) is 30.5 Å². The number of nitrogens with one attached hydrogen (secondary N) is 2. The molecule has 2 aromatic rings. The van der Waals surface area contributed by atoms with Crippen molar-refractivity contribution >= 4 is 35.1 Å². The molecule has 0 unspecified atom stereocenters. The molecular formula is C27H33ClN4O4. The Labute approximate surface area is 216 Å². The number of hydrogen-bond acceptors (Lipinski definition) is 4. The van der Waals surface area contributed by atoms with E-state index in [-0.39, 0.29) is 36.5 Å². The van der Waals surface area contributed by atoms with Crippen LogP contribution in [0.5, 0.6) is 5.75 Å². The predicted molar refractivity (Wildman–Crippen MR) is 140 cm³/mol. The van der Waals surface area contributed by atoms with Crippen LogP contribution in [0.15, 0.2) is 42.5 Å². The summed E-state index contributed by atoms with van der Waals surface area (Å²) >= 11 is 6.46. The normalized spacial score (nSPS) is 18.4. The van der Waals surface area contributed by atoms with E-state index in [1.807, 2.05) is 38.1 Å². The Kier molecular flexibility index (Phi) is 8.04. The number of urea groups is 1. The minimum Gasteiger partial charge on any atom is -0.494 e. The van der Waals surface area contributed by atoms with Crippen molar-refractivity contribution in [2.45, 2.75) is 64.7 Å². The van der Waals surface area contributed by atoms with Crippen molar-refractivity contribution in [1.29, 1.82) is 0 Å². The minimum atomic E-state index is -0.663. The molecule has 8 nitrogen and oxygen atoms in total. The Hall–Kier alpha value is -3.26. The van der Waals surface area contributed by atoms with Gasteiger partial charge in [-0.25, -0.2) is 4.79 Å². The van der Waals surface area contributed by atoms with Crippen LogP contribution in [-0.2, 0) is 11.3 Å². The van der Waals surface area contributed by atoms with Crippen LogP contribution in [0, 0.1) is 0 Å². The van der Waals surface area contributed by atoms with Gasteiger partial charge < -0.3 is 25.2 Å². The molecule has 2 N–H and O–H groups in total. The molecule has 192 valence electrons.